The van der Waals surface area contributed by atoms with Gasteiger partial charge >= 0.3 is 0 Å². The van der Waals surface area contributed by atoms with Crippen LogP contribution in [-0.4, -0.2) is 20.2 Å². The molecule has 0 spiro atoms. The minimum absolute atomic E-state index is 0.613. The molecule has 0 aliphatic heterocycles. The highest BCUT2D eigenvalue weighted by molar-refractivity contribution is 6.32. The van der Waals surface area contributed by atoms with E-state index in [0.29, 0.717) is 10.8 Å². The summed E-state index contributed by atoms with van der Waals surface area (Å²) in [5.74, 6) is 0.670. The van der Waals surface area contributed by atoms with Crippen molar-refractivity contribution in [1.29, 1.82) is 0 Å². The van der Waals surface area contributed by atoms with E-state index in [1.54, 1.807) is 4.68 Å². The van der Waals surface area contributed by atoms with Gasteiger partial charge in [0.25, 0.3) is 0 Å². The smallest absolute Gasteiger partial charge is 0.187 e. The predicted octanol–water partition coefficient (Wildman–Crippen LogP) is 2.98. The Bertz CT molecular complexity index is 664. The molecule has 5 heteroatoms. The van der Waals surface area contributed by atoms with Gasteiger partial charge in [-0.3, -0.25) is 0 Å². The van der Waals surface area contributed by atoms with Crippen LogP contribution >= 0.6 is 11.6 Å². The van der Waals surface area contributed by atoms with Crippen molar-refractivity contribution in [2.24, 2.45) is 0 Å². The Hall–Kier alpha value is -2.20. The van der Waals surface area contributed by atoms with Gasteiger partial charge in [0.05, 0.1) is 10.7 Å². The molecule has 0 bridgehead atoms. The fraction of sp³-hybridized carbons (Fsp3) is 0. The molecule has 0 radical (unpaired) electrons. The molecule has 0 saturated carbocycles. The Labute approximate surface area is 109 Å². The van der Waals surface area contributed by atoms with Crippen LogP contribution in [0.4, 0.5) is 0 Å². The lowest BCUT2D eigenvalue weighted by Gasteiger charge is -2.05. The number of hydrogen-bond donors (Lipinski definition) is 0. The molecule has 18 heavy (non-hydrogen) atoms. The average Bonchev–Trinajstić information content (AvgIpc) is 2.89. The second kappa shape index (κ2) is 4.58. The van der Waals surface area contributed by atoms with Crippen LogP contribution in [0.25, 0.3) is 17.1 Å². The summed E-state index contributed by atoms with van der Waals surface area (Å²) in [5, 5.41) is 12.4. The van der Waals surface area contributed by atoms with Gasteiger partial charge in [0.1, 0.15) is 0 Å². The molecule has 0 fully saturated rings. The summed E-state index contributed by atoms with van der Waals surface area (Å²) in [6.07, 6.45) is 0. The summed E-state index contributed by atoms with van der Waals surface area (Å²) >= 11 is 6.16. The van der Waals surface area contributed by atoms with Gasteiger partial charge in [0, 0.05) is 5.56 Å². The molecule has 2 aromatic carbocycles. The minimum atomic E-state index is 0.613. The summed E-state index contributed by atoms with van der Waals surface area (Å²) in [7, 11) is 0. The molecule has 0 N–H and O–H groups in total. The van der Waals surface area contributed by atoms with Crippen LogP contribution in [0.3, 0.4) is 0 Å². The van der Waals surface area contributed by atoms with Crippen LogP contribution in [0.5, 0.6) is 0 Å². The van der Waals surface area contributed by atoms with Crippen molar-refractivity contribution in [1.82, 2.24) is 20.2 Å². The van der Waals surface area contributed by atoms with Gasteiger partial charge in [-0.15, -0.1) is 5.10 Å². The van der Waals surface area contributed by atoms with E-state index in [0.717, 1.165) is 11.3 Å². The number of hydrogen-bond acceptors (Lipinski definition) is 3. The highest BCUT2D eigenvalue weighted by Gasteiger charge is 2.12. The zero-order valence-electron chi connectivity index (χ0n) is 9.36. The van der Waals surface area contributed by atoms with Gasteiger partial charge in [-0.25, -0.2) is 0 Å². The van der Waals surface area contributed by atoms with E-state index in [1.807, 2.05) is 54.6 Å². The number of para-hydroxylation sites is 1. The number of benzene rings is 2. The van der Waals surface area contributed by atoms with Gasteiger partial charge in [-0.1, -0.05) is 54.1 Å². The SMILES string of the molecule is Clc1ccccc1-n1nnnc1-c1ccccc1. The normalized spacial score (nSPS) is 10.5. The van der Waals surface area contributed by atoms with Gasteiger partial charge < -0.3 is 0 Å². The predicted molar refractivity (Wildman–Crippen MR) is 69.6 cm³/mol. The molecule has 0 saturated heterocycles. The Balaban J connectivity index is 2.16. The first-order chi connectivity index (χ1) is 8.86. The first-order valence-corrected chi connectivity index (χ1v) is 5.83. The van der Waals surface area contributed by atoms with Crippen molar-refractivity contribution in [3.63, 3.8) is 0 Å². The second-order valence-electron chi connectivity index (χ2n) is 3.73. The summed E-state index contributed by atoms with van der Waals surface area (Å²) in [4.78, 5) is 0. The number of nitrogens with zero attached hydrogens (tertiary/aromatic N) is 4. The molecule has 0 amide bonds. The van der Waals surface area contributed by atoms with Crippen molar-refractivity contribution in [3.8, 4) is 17.1 Å². The van der Waals surface area contributed by atoms with Crippen LogP contribution < -0.4 is 0 Å². The summed E-state index contributed by atoms with van der Waals surface area (Å²) in [6.45, 7) is 0. The van der Waals surface area contributed by atoms with Gasteiger partial charge in [-0.05, 0) is 22.6 Å². The standard InChI is InChI=1S/C13H9ClN4/c14-11-8-4-5-9-12(11)18-13(15-16-17-18)10-6-2-1-3-7-10/h1-9H. The maximum Gasteiger partial charge on any atom is 0.187 e. The van der Waals surface area contributed by atoms with Gasteiger partial charge in [0.15, 0.2) is 5.82 Å². The van der Waals surface area contributed by atoms with Crippen LogP contribution in [-0.2, 0) is 0 Å². The molecule has 1 heterocycles. The Morgan fingerprint density at radius 1 is 0.889 bits per heavy atom. The van der Waals surface area contributed by atoms with Crippen molar-refractivity contribution >= 4 is 11.6 Å². The highest BCUT2D eigenvalue weighted by Crippen LogP contribution is 2.23. The monoisotopic (exact) mass is 256 g/mol. The van der Waals surface area contributed by atoms with E-state index in [4.69, 9.17) is 11.6 Å². The minimum Gasteiger partial charge on any atom is -0.191 e. The zero-order chi connectivity index (χ0) is 12.4. The molecule has 88 valence electrons. The third kappa shape index (κ3) is 1.87. The molecule has 0 atom stereocenters. The topological polar surface area (TPSA) is 43.6 Å². The number of aromatic nitrogens is 4. The average molecular weight is 257 g/mol. The van der Waals surface area contributed by atoms with Gasteiger partial charge in [-0.2, -0.15) is 4.68 Å². The van der Waals surface area contributed by atoms with E-state index < -0.39 is 0 Å². The quantitative estimate of drug-likeness (QED) is 0.708. The number of tetrazole rings is 1. The van der Waals surface area contributed by atoms with Crippen molar-refractivity contribution in [2.45, 2.75) is 0 Å². The van der Waals surface area contributed by atoms with Crippen LogP contribution in [0.2, 0.25) is 5.02 Å². The molecule has 1 aromatic heterocycles. The lowest BCUT2D eigenvalue weighted by Crippen LogP contribution is -2.00. The molecule has 3 aromatic rings. The number of rotatable bonds is 2. The first-order valence-electron chi connectivity index (χ1n) is 5.45. The molecule has 4 nitrogen and oxygen atoms in total. The Morgan fingerprint density at radius 2 is 1.61 bits per heavy atom. The summed E-state index contributed by atoms with van der Waals surface area (Å²) < 4.78 is 1.64. The van der Waals surface area contributed by atoms with E-state index in [9.17, 15) is 0 Å². The molecule has 3 rings (SSSR count). The van der Waals surface area contributed by atoms with Gasteiger partial charge in [0.2, 0.25) is 0 Å². The lowest BCUT2D eigenvalue weighted by molar-refractivity contribution is 0.791. The largest absolute Gasteiger partial charge is 0.191 e. The van der Waals surface area contributed by atoms with Crippen molar-refractivity contribution in [3.05, 3.63) is 59.6 Å². The van der Waals surface area contributed by atoms with E-state index >= 15 is 0 Å². The van der Waals surface area contributed by atoms with E-state index in [1.165, 1.54) is 0 Å². The third-order valence-electron chi connectivity index (χ3n) is 2.58. The summed E-state index contributed by atoms with van der Waals surface area (Å²) in [5.41, 5.74) is 1.71. The maximum absolute atomic E-state index is 6.16. The fourth-order valence-electron chi connectivity index (χ4n) is 1.74. The molecule has 0 aliphatic carbocycles. The Kier molecular flexibility index (Phi) is 2.78. The van der Waals surface area contributed by atoms with Crippen molar-refractivity contribution in [2.75, 3.05) is 0 Å². The second-order valence-corrected chi connectivity index (χ2v) is 4.14. The van der Waals surface area contributed by atoms with E-state index in [-0.39, 0.29) is 0 Å². The lowest BCUT2D eigenvalue weighted by atomic mass is 10.2. The summed E-state index contributed by atoms with van der Waals surface area (Å²) in [6, 6.07) is 17.2. The van der Waals surface area contributed by atoms with E-state index in [2.05, 4.69) is 15.5 Å². The van der Waals surface area contributed by atoms with Crippen molar-refractivity contribution < 1.29 is 0 Å². The maximum atomic E-state index is 6.16. The third-order valence-corrected chi connectivity index (χ3v) is 2.90. The number of halogens is 1. The highest BCUT2D eigenvalue weighted by atomic mass is 35.5. The van der Waals surface area contributed by atoms with Crippen LogP contribution in [0, 0.1) is 0 Å². The Morgan fingerprint density at radius 3 is 2.39 bits per heavy atom. The van der Waals surface area contributed by atoms with Crippen LogP contribution in [0.15, 0.2) is 54.6 Å². The molecule has 0 unspecified atom stereocenters. The fourth-order valence-corrected chi connectivity index (χ4v) is 1.96. The van der Waals surface area contributed by atoms with Crippen LogP contribution in [0.1, 0.15) is 0 Å². The zero-order valence-corrected chi connectivity index (χ0v) is 10.1. The molecular weight excluding hydrogens is 248 g/mol. The first kappa shape index (κ1) is 10.9. The molecule has 0 aliphatic rings. The molecular formula is C13H9ClN4.